The van der Waals surface area contributed by atoms with Crippen LogP contribution in [0.3, 0.4) is 0 Å². The van der Waals surface area contributed by atoms with Gasteiger partial charge in [0.2, 0.25) is 0 Å². The van der Waals surface area contributed by atoms with E-state index in [9.17, 15) is 4.39 Å². The highest BCUT2D eigenvalue weighted by molar-refractivity contribution is 7.99. The summed E-state index contributed by atoms with van der Waals surface area (Å²) < 4.78 is 15.5. The second-order valence-electron chi connectivity index (χ2n) is 4.71. The molecule has 1 N–H and O–H groups in total. The predicted molar refractivity (Wildman–Crippen MR) is 74.5 cm³/mol. The average molecular weight is 277 g/mol. The van der Waals surface area contributed by atoms with Gasteiger partial charge >= 0.3 is 0 Å². The molecule has 0 aliphatic carbocycles. The molecule has 1 aromatic heterocycles. The molecule has 0 bridgehead atoms. The van der Waals surface area contributed by atoms with Crippen molar-refractivity contribution in [3.8, 4) is 0 Å². The van der Waals surface area contributed by atoms with Gasteiger partial charge in [0, 0.05) is 30.7 Å². The van der Waals surface area contributed by atoms with Crippen molar-refractivity contribution in [2.45, 2.75) is 23.9 Å². The van der Waals surface area contributed by atoms with Crippen molar-refractivity contribution in [2.75, 3.05) is 5.75 Å². The monoisotopic (exact) mass is 277 g/mol. The van der Waals surface area contributed by atoms with E-state index in [2.05, 4.69) is 10.4 Å². The lowest BCUT2D eigenvalue weighted by atomic mass is 10.0. The fraction of sp³-hybridized carbons (Fsp3) is 0.357. The molecule has 0 saturated heterocycles. The molecule has 2 aromatic rings. The minimum absolute atomic E-state index is 0.105. The van der Waals surface area contributed by atoms with E-state index in [1.54, 1.807) is 22.5 Å². The molecule has 100 valence electrons. The molecular formula is C14H16FN3S. The Morgan fingerprint density at radius 3 is 3.16 bits per heavy atom. The first-order chi connectivity index (χ1) is 9.24. The van der Waals surface area contributed by atoms with E-state index in [0.29, 0.717) is 6.54 Å². The van der Waals surface area contributed by atoms with E-state index in [1.807, 2.05) is 25.4 Å². The van der Waals surface area contributed by atoms with Gasteiger partial charge in [-0.25, -0.2) is 4.39 Å². The van der Waals surface area contributed by atoms with E-state index >= 15 is 0 Å². The number of nitrogens with one attached hydrogen (secondary N) is 1. The third kappa shape index (κ3) is 2.67. The van der Waals surface area contributed by atoms with Crippen LogP contribution in [0, 0.1) is 5.82 Å². The second kappa shape index (κ2) is 5.35. The summed E-state index contributed by atoms with van der Waals surface area (Å²) in [4.78, 5) is 0.798. The molecule has 0 amide bonds. The third-order valence-corrected chi connectivity index (χ3v) is 4.48. The van der Waals surface area contributed by atoms with E-state index in [1.165, 1.54) is 6.07 Å². The number of benzene rings is 1. The van der Waals surface area contributed by atoms with E-state index in [0.717, 1.165) is 28.3 Å². The summed E-state index contributed by atoms with van der Waals surface area (Å²) in [6, 6.07) is 7.55. The number of aryl methyl sites for hydroxylation is 1. The van der Waals surface area contributed by atoms with Crippen LogP contribution in [0.5, 0.6) is 0 Å². The van der Waals surface area contributed by atoms with Gasteiger partial charge in [-0.05, 0) is 29.9 Å². The molecule has 0 saturated carbocycles. The Morgan fingerprint density at radius 2 is 2.37 bits per heavy atom. The first-order valence-electron chi connectivity index (χ1n) is 6.37. The molecule has 0 radical (unpaired) electrons. The molecular weight excluding hydrogens is 261 g/mol. The normalized spacial score (nSPS) is 18.3. The van der Waals surface area contributed by atoms with Crippen LogP contribution in [0.2, 0.25) is 0 Å². The summed E-state index contributed by atoms with van der Waals surface area (Å²) in [7, 11) is 1.91. The Kier molecular flexibility index (Phi) is 3.57. The Labute approximate surface area is 116 Å². The van der Waals surface area contributed by atoms with Gasteiger partial charge in [-0.3, -0.25) is 4.68 Å². The lowest BCUT2D eigenvalue weighted by Crippen LogP contribution is -2.24. The summed E-state index contributed by atoms with van der Waals surface area (Å²) in [6.45, 7) is 0.714. The van der Waals surface area contributed by atoms with Gasteiger partial charge in [0.25, 0.3) is 0 Å². The number of aromatic nitrogens is 2. The quantitative estimate of drug-likeness (QED) is 0.935. The molecule has 1 aliphatic heterocycles. The molecule has 2 heterocycles. The molecule has 0 spiro atoms. The highest BCUT2D eigenvalue weighted by Gasteiger charge is 2.22. The van der Waals surface area contributed by atoms with Gasteiger partial charge in [0.15, 0.2) is 0 Å². The van der Waals surface area contributed by atoms with Crippen molar-refractivity contribution >= 4 is 11.8 Å². The van der Waals surface area contributed by atoms with Crippen molar-refractivity contribution in [3.05, 3.63) is 47.5 Å². The Hall–Kier alpha value is -1.33. The zero-order valence-corrected chi connectivity index (χ0v) is 11.6. The number of thioether (sulfide) groups is 1. The predicted octanol–water partition coefficient (Wildman–Crippen LogP) is 2.89. The third-order valence-electron chi connectivity index (χ3n) is 3.32. The van der Waals surface area contributed by atoms with Crippen LogP contribution >= 0.6 is 11.8 Å². The fourth-order valence-corrected chi connectivity index (χ4v) is 3.52. The minimum atomic E-state index is -0.105. The number of rotatable bonds is 3. The van der Waals surface area contributed by atoms with Crippen LogP contribution in [-0.4, -0.2) is 15.5 Å². The molecule has 1 unspecified atom stereocenters. The molecule has 5 heteroatoms. The van der Waals surface area contributed by atoms with Crippen LogP contribution in [0.4, 0.5) is 4.39 Å². The molecule has 0 fully saturated rings. The lowest BCUT2D eigenvalue weighted by Gasteiger charge is -2.26. The average Bonchev–Trinajstić information content (AvgIpc) is 2.83. The van der Waals surface area contributed by atoms with E-state index < -0.39 is 0 Å². The molecule has 19 heavy (non-hydrogen) atoms. The molecule has 1 aromatic carbocycles. The molecule has 1 aliphatic rings. The minimum Gasteiger partial charge on any atom is -0.304 e. The Bertz CT molecular complexity index is 582. The smallest absolute Gasteiger partial charge is 0.137 e. The van der Waals surface area contributed by atoms with Crippen molar-refractivity contribution < 1.29 is 4.39 Å². The van der Waals surface area contributed by atoms with Crippen LogP contribution in [0.25, 0.3) is 0 Å². The zero-order valence-electron chi connectivity index (χ0n) is 10.8. The van der Waals surface area contributed by atoms with Crippen LogP contribution < -0.4 is 5.32 Å². The number of nitrogens with zero attached hydrogens (tertiary/aromatic N) is 2. The second-order valence-corrected chi connectivity index (χ2v) is 5.81. The first kappa shape index (κ1) is 12.7. The SMILES string of the molecule is Cn1ccc(CNC2CCSc3c(F)cccc32)n1. The van der Waals surface area contributed by atoms with Crippen molar-refractivity contribution in [2.24, 2.45) is 7.05 Å². The van der Waals surface area contributed by atoms with Crippen LogP contribution in [0.15, 0.2) is 35.4 Å². The number of halogens is 1. The summed E-state index contributed by atoms with van der Waals surface area (Å²) in [5.74, 6) is 0.847. The van der Waals surface area contributed by atoms with E-state index in [4.69, 9.17) is 0 Å². The summed E-state index contributed by atoms with van der Waals surface area (Å²) >= 11 is 1.61. The van der Waals surface area contributed by atoms with Crippen molar-refractivity contribution in [1.29, 1.82) is 0 Å². The maximum Gasteiger partial charge on any atom is 0.137 e. The highest BCUT2D eigenvalue weighted by Crippen LogP contribution is 2.37. The fourth-order valence-electron chi connectivity index (χ4n) is 2.38. The Morgan fingerprint density at radius 1 is 1.47 bits per heavy atom. The molecule has 3 nitrogen and oxygen atoms in total. The van der Waals surface area contributed by atoms with Crippen LogP contribution in [-0.2, 0) is 13.6 Å². The maximum atomic E-state index is 13.7. The summed E-state index contributed by atoms with van der Waals surface area (Å²) in [5, 5.41) is 7.82. The summed E-state index contributed by atoms with van der Waals surface area (Å²) in [5.41, 5.74) is 2.09. The highest BCUT2D eigenvalue weighted by atomic mass is 32.2. The standard InChI is InChI=1S/C14H16FN3S/c1-18-7-5-10(17-18)9-16-13-6-8-19-14-11(13)3-2-4-12(14)15/h2-5,7,13,16H,6,8-9H2,1H3. The van der Waals surface area contributed by atoms with Gasteiger partial charge in [0.1, 0.15) is 5.82 Å². The Balaban J connectivity index is 1.75. The maximum absolute atomic E-state index is 13.7. The van der Waals surface area contributed by atoms with Gasteiger partial charge in [-0.1, -0.05) is 12.1 Å². The number of hydrogen-bond donors (Lipinski definition) is 1. The largest absolute Gasteiger partial charge is 0.304 e. The zero-order chi connectivity index (χ0) is 13.2. The van der Waals surface area contributed by atoms with E-state index in [-0.39, 0.29) is 11.9 Å². The lowest BCUT2D eigenvalue weighted by molar-refractivity contribution is 0.491. The van der Waals surface area contributed by atoms with Crippen LogP contribution in [0.1, 0.15) is 23.7 Å². The first-order valence-corrected chi connectivity index (χ1v) is 7.36. The topological polar surface area (TPSA) is 29.9 Å². The molecule has 3 rings (SSSR count). The van der Waals surface area contributed by atoms with Gasteiger partial charge in [0.05, 0.1) is 5.69 Å². The van der Waals surface area contributed by atoms with Gasteiger partial charge in [-0.15, -0.1) is 11.8 Å². The van der Waals surface area contributed by atoms with Crippen molar-refractivity contribution in [1.82, 2.24) is 15.1 Å². The van der Waals surface area contributed by atoms with Crippen molar-refractivity contribution in [3.63, 3.8) is 0 Å². The van der Waals surface area contributed by atoms with Gasteiger partial charge < -0.3 is 5.32 Å². The number of hydrogen-bond acceptors (Lipinski definition) is 3. The van der Waals surface area contributed by atoms with Gasteiger partial charge in [-0.2, -0.15) is 5.10 Å². The summed E-state index contributed by atoms with van der Waals surface area (Å²) in [6.07, 6.45) is 2.95. The molecule has 1 atom stereocenters. The number of fused-ring (bicyclic) bond motifs is 1.